The molecular weight excluding hydrogens is 200 g/mol. The summed E-state index contributed by atoms with van der Waals surface area (Å²) in [5, 5.41) is 0. The quantitative estimate of drug-likeness (QED) is 0.618. The zero-order chi connectivity index (χ0) is 11.8. The molecule has 94 valence electrons. The standard InChI is InChI=1S/C14H26O2/c1-3-13-8-6-9-14(11-13)16-10-5-4-7-12(2)15/h13-14H,3-11H2,1-2H3. The number of carbonyl (C=O) groups is 1. The Morgan fingerprint density at radius 2 is 2.12 bits per heavy atom. The van der Waals surface area contributed by atoms with Gasteiger partial charge in [0.05, 0.1) is 6.10 Å². The summed E-state index contributed by atoms with van der Waals surface area (Å²) in [4.78, 5) is 10.7. The normalized spacial score (nSPS) is 25.6. The Labute approximate surface area is 99.8 Å². The van der Waals surface area contributed by atoms with Crippen LogP contribution in [0.4, 0.5) is 0 Å². The van der Waals surface area contributed by atoms with E-state index in [9.17, 15) is 4.79 Å². The van der Waals surface area contributed by atoms with Crippen LogP contribution in [0.3, 0.4) is 0 Å². The van der Waals surface area contributed by atoms with E-state index in [-0.39, 0.29) is 0 Å². The maximum absolute atomic E-state index is 10.7. The summed E-state index contributed by atoms with van der Waals surface area (Å²) < 4.78 is 5.89. The molecule has 0 radical (unpaired) electrons. The fraction of sp³-hybridized carbons (Fsp3) is 0.929. The highest BCUT2D eigenvalue weighted by atomic mass is 16.5. The van der Waals surface area contributed by atoms with Crippen molar-refractivity contribution in [2.45, 2.75) is 71.3 Å². The highest BCUT2D eigenvalue weighted by molar-refractivity contribution is 5.75. The smallest absolute Gasteiger partial charge is 0.129 e. The van der Waals surface area contributed by atoms with Crippen molar-refractivity contribution in [2.75, 3.05) is 6.61 Å². The van der Waals surface area contributed by atoms with Crippen LogP contribution < -0.4 is 0 Å². The van der Waals surface area contributed by atoms with Gasteiger partial charge in [-0.05, 0) is 38.5 Å². The molecule has 0 spiro atoms. The summed E-state index contributed by atoms with van der Waals surface area (Å²) in [7, 11) is 0. The number of ketones is 1. The van der Waals surface area contributed by atoms with Crippen LogP contribution in [0.2, 0.25) is 0 Å². The van der Waals surface area contributed by atoms with E-state index in [0.29, 0.717) is 18.3 Å². The third kappa shape index (κ3) is 5.64. The molecule has 1 fully saturated rings. The summed E-state index contributed by atoms with van der Waals surface area (Å²) in [5.41, 5.74) is 0. The zero-order valence-corrected chi connectivity index (χ0v) is 10.8. The van der Waals surface area contributed by atoms with Crippen LogP contribution >= 0.6 is 0 Å². The van der Waals surface area contributed by atoms with Gasteiger partial charge < -0.3 is 9.53 Å². The maximum atomic E-state index is 10.7. The van der Waals surface area contributed by atoms with Gasteiger partial charge in [-0.1, -0.05) is 26.2 Å². The van der Waals surface area contributed by atoms with Gasteiger partial charge in [-0.15, -0.1) is 0 Å². The third-order valence-electron chi connectivity index (χ3n) is 3.59. The molecule has 2 heteroatoms. The van der Waals surface area contributed by atoms with Crippen molar-refractivity contribution in [1.29, 1.82) is 0 Å². The Balaban J connectivity index is 2.01. The third-order valence-corrected chi connectivity index (χ3v) is 3.59. The molecule has 2 atom stereocenters. The Hall–Kier alpha value is -0.370. The summed E-state index contributed by atoms with van der Waals surface area (Å²) in [6.45, 7) is 4.78. The van der Waals surface area contributed by atoms with Gasteiger partial charge in [-0.3, -0.25) is 0 Å². The fourth-order valence-corrected chi connectivity index (χ4v) is 2.49. The largest absolute Gasteiger partial charge is 0.378 e. The lowest BCUT2D eigenvalue weighted by molar-refractivity contribution is -0.117. The Kier molecular flexibility index (Phi) is 6.70. The molecule has 0 aromatic carbocycles. The van der Waals surface area contributed by atoms with Crippen LogP contribution in [0, 0.1) is 5.92 Å². The molecule has 0 bridgehead atoms. The van der Waals surface area contributed by atoms with E-state index in [1.165, 1.54) is 32.1 Å². The molecule has 0 aliphatic heterocycles. The lowest BCUT2D eigenvalue weighted by Gasteiger charge is -2.28. The molecule has 1 saturated carbocycles. The Bertz CT molecular complexity index is 201. The minimum Gasteiger partial charge on any atom is -0.378 e. The van der Waals surface area contributed by atoms with E-state index in [4.69, 9.17) is 4.74 Å². The molecule has 0 aromatic heterocycles. The van der Waals surface area contributed by atoms with E-state index in [0.717, 1.165) is 25.4 Å². The predicted molar refractivity (Wildman–Crippen MR) is 66.5 cm³/mol. The van der Waals surface area contributed by atoms with Crippen molar-refractivity contribution >= 4 is 5.78 Å². The van der Waals surface area contributed by atoms with Gasteiger partial charge in [-0.25, -0.2) is 0 Å². The molecule has 0 N–H and O–H groups in total. The summed E-state index contributed by atoms with van der Waals surface area (Å²) >= 11 is 0. The van der Waals surface area contributed by atoms with Crippen molar-refractivity contribution < 1.29 is 9.53 Å². The highest BCUT2D eigenvalue weighted by Gasteiger charge is 2.20. The molecule has 0 aromatic rings. The molecule has 16 heavy (non-hydrogen) atoms. The first kappa shape index (κ1) is 13.7. The first-order valence-electron chi connectivity index (χ1n) is 6.83. The number of carbonyl (C=O) groups excluding carboxylic acids is 1. The number of hydrogen-bond donors (Lipinski definition) is 0. The first-order valence-corrected chi connectivity index (χ1v) is 6.83. The Morgan fingerprint density at radius 1 is 1.31 bits per heavy atom. The lowest BCUT2D eigenvalue weighted by atomic mass is 9.85. The molecule has 0 heterocycles. The molecular formula is C14H26O2. The second-order valence-electron chi connectivity index (χ2n) is 5.09. The second kappa shape index (κ2) is 7.83. The topological polar surface area (TPSA) is 26.3 Å². The molecule has 0 saturated heterocycles. The van der Waals surface area contributed by atoms with Crippen LogP contribution in [0.25, 0.3) is 0 Å². The van der Waals surface area contributed by atoms with Gasteiger partial charge in [-0.2, -0.15) is 0 Å². The second-order valence-corrected chi connectivity index (χ2v) is 5.09. The minimum atomic E-state index is 0.295. The average molecular weight is 226 g/mol. The number of rotatable bonds is 7. The van der Waals surface area contributed by atoms with Crippen molar-refractivity contribution in [3.63, 3.8) is 0 Å². The van der Waals surface area contributed by atoms with E-state index in [2.05, 4.69) is 6.92 Å². The van der Waals surface area contributed by atoms with Crippen molar-refractivity contribution in [2.24, 2.45) is 5.92 Å². The lowest BCUT2D eigenvalue weighted by Crippen LogP contribution is -2.23. The van der Waals surface area contributed by atoms with Crippen molar-refractivity contribution in [3.05, 3.63) is 0 Å². The minimum absolute atomic E-state index is 0.295. The summed E-state index contributed by atoms with van der Waals surface area (Å²) in [6, 6.07) is 0. The maximum Gasteiger partial charge on any atom is 0.129 e. The van der Waals surface area contributed by atoms with Gasteiger partial charge in [0.2, 0.25) is 0 Å². The monoisotopic (exact) mass is 226 g/mol. The predicted octanol–water partition coefficient (Wildman–Crippen LogP) is 3.73. The van der Waals surface area contributed by atoms with Crippen LogP contribution in [0.15, 0.2) is 0 Å². The van der Waals surface area contributed by atoms with Crippen LogP contribution in [-0.2, 0) is 9.53 Å². The van der Waals surface area contributed by atoms with Gasteiger partial charge in [0, 0.05) is 13.0 Å². The molecule has 1 aliphatic rings. The molecule has 1 rings (SSSR count). The van der Waals surface area contributed by atoms with Gasteiger partial charge >= 0.3 is 0 Å². The fourth-order valence-electron chi connectivity index (χ4n) is 2.49. The van der Waals surface area contributed by atoms with Crippen LogP contribution in [0.5, 0.6) is 0 Å². The first-order chi connectivity index (χ1) is 7.72. The van der Waals surface area contributed by atoms with Gasteiger partial charge in [0.15, 0.2) is 0 Å². The Morgan fingerprint density at radius 3 is 2.81 bits per heavy atom. The van der Waals surface area contributed by atoms with Crippen LogP contribution in [-0.4, -0.2) is 18.5 Å². The molecule has 2 nitrogen and oxygen atoms in total. The van der Waals surface area contributed by atoms with E-state index >= 15 is 0 Å². The van der Waals surface area contributed by atoms with Gasteiger partial charge in [0.1, 0.15) is 5.78 Å². The number of ether oxygens (including phenoxy) is 1. The SMILES string of the molecule is CCC1CCCC(OCCCCC(C)=O)C1. The van der Waals surface area contributed by atoms with Crippen molar-refractivity contribution in [3.8, 4) is 0 Å². The van der Waals surface area contributed by atoms with Crippen LogP contribution in [0.1, 0.15) is 65.2 Å². The van der Waals surface area contributed by atoms with Crippen molar-refractivity contribution in [1.82, 2.24) is 0 Å². The highest BCUT2D eigenvalue weighted by Crippen LogP contribution is 2.28. The molecule has 2 unspecified atom stereocenters. The zero-order valence-electron chi connectivity index (χ0n) is 10.8. The molecule has 0 amide bonds. The van der Waals surface area contributed by atoms with E-state index < -0.39 is 0 Å². The number of unbranched alkanes of at least 4 members (excludes halogenated alkanes) is 1. The van der Waals surface area contributed by atoms with E-state index in [1.54, 1.807) is 6.92 Å². The molecule has 1 aliphatic carbocycles. The van der Waals surface area contributed by atoms with Gasteiger partial charge in [0.25, 0.3) is 0 Å². The summed E-state index contributed by atoms with van der Waals surface area (Å²) in [5.74, 6) is 1.18. The average Bonchev–Trinajstić information content (AvgIpc) is 2.28. The summed E-state index contributed by atoms with van der Waals surface area (Å²) in [6.07, 6.45) is 9.74. The number of Topliss-reactive ketones (excluding diaryl/α,β-unsaturated/α-hetero) is 1. The number of hydrogen-bond acceptors (Lipinski definition) is 2. The van der Waals surface area contributed by atoms with E-state index in [1.807, 2.05) is 0 Å².